The topological polar surface area (TPSA) is 77.4 Å². The van der Waals surface area contributed by atoms with Crippen LogP contribution < -0.4 is 4.74 Å². The first-order chi connectivity index (χ1) is 12.5. The van der Waals surface area contributed by atoms with Crippen molar-refractivity contribution in [2.24, 2.45) is 4.99 Å². The predicted octanol–water partition coefficient (Wildman–Crippen LogP) is 2.96. The van der Waals surface area contributed by atoms with Crippen LogP contribution in [0.15, 0.2) is 51.8 Å². The predicted molar refractivity (Wildman–Crippen MR) is 97.2 cm³/mol. The molecule has 0 aromatic heterocycles. The highest BCUT2D eigenvalue weighted by Gasteiger charge is 2.41. The maximum Gasteiger partial charge on any atom is 0.338 e. The first kappa shape index (κ1) is 18.1. The zero-order valence-electron chi connectivity index (χ0n) is 14.8. The van der Waals surface area contributed by atoms with Crippen molar-refractivity contribution in [1.82, 2.24) is 4.90 Å². The lowest BCUT2D eigenvalue weighted by molar-refractivity contribution is -0.138. The Morgan fingerprint density at radius 2 is 1.88 bits per heavy atom. The summed E-state index contributed by atoms with van der Waals surface area (Å²) in [7, 11) is 2.91. The molecule has 0 N–H and O–H groups in total. The van der Waals surface area contributed by atoms with Gasteiger partial charge in [0.1, 0.15) is 5.75 Å². The van der Waals surface area contributed by atoms with Crippen molar-refractivity contribution in [3.05, 3.63) is 52.4 Å². The molecule has 0 bridgehead atoms. The molecule has 3 rings (SSSR count). The molecule has 2 aliphatic heterocycles. The van der Waals surface area contributed by atoms with Gasteiger partial charge in [0.2, 0.25) is 5.88 Å². The third-order valence-electron chi connectivity index (χ3n) is 3.98. The number of fused-ring (bicyclic) bond motifs is 1. The van der Waals surface area contributed by atoms with Crippen LogP contribution in [0.5, 0.6) is 5.75 Å². The van der Waals surface area contributed by atoms with E-state index in [4.69, 9.17) is 14.2 Å². The van der Waals surface area contributed by atoms with E-state index in [0.29, 0.717) is 28.1 Å². The van der Waals surface area contributed by atoms with E-state index < -0.39 is 18.0 Å². The van der Waals surface area contributed by atoms with E-state index in [1.54, 1.807) is 24.3 Å². The minimum atomic E-state index is -0.526. The highest BCUT2D eigenvalue weighted by Crippen LogP contribution is 2.44. The molecule has 0 spiro atoms. The summed E-state index contributed by atoms with van der Waals surface area (Å²) in [5.41, 5.74) is 1.77. The number of esters is 2. The third-order valence-corrected chi connectivity index (χ3v) is 4.80. The Hall–Kier alpha value is -2.74. The standard InChI is InChI=1S/C18H18N2O5S/c1-10-15(17(22)24-4)16(12-5-7-13(23-3)8-6-12)20-14(25-11(2)21)9-26-18(20)19-10/h5-9,16H,1-4H3/t16-/m0/s1. The number of hydrogen-bond donors (Lipinski definition) is 0. The highest BCUT2D eigenvalue weighted by molar-refractivity contribution is 8.16. The molecule has 2 aliphatic rings. The van der Waals surface area contributed by atoms with Crippen LogP contribution in [0.3, 0.4) is 0 Å². The van der Waals surface area contributed by atoms with Gasteiger partial charge in [0.15, 0.2) is 5.17 Å². The fraction of sp³-hybridized carbons (Fsp3) is 0.278. The molecule has 2 heterocycles. The first-order valence-electron chi connectivity index (χ1n) is 7.82. The molecule has 0 fully saturated rings. The largest absolute Gasteiger partial charge is 0.497 e. The lowest BCUT2D eigenvalue weighted by atomic mass is 9.94. The molecule has 136 valence electrons. The molecule has 1 aromatic carbocycles. The average molecular weight is 374 g/mol. The Labute approximate surface area is 155 Å². The molecule has 7 nitrogen and oxygen atoms in total. The molecule has 1 aromatic rings. The maximum absolute atomic E-state index is 12.5. The van der Waals surface area contributed by atoms with Gasteiger partial charge in [-0.1, -0.05) is 23.9 Å². The molecular formula is C18H18N2O5S. The number of benzene rings is 1. The summed E-state index contributed by atoms with van der Waals surface area (Å²) in [6.07, 6.45) is 0. The van der Waals surface area contributed by atoms with E-state index in [1.165, 1.54) is 25.8 Å². The van der Waals surface area contributed by atoms with Crippen LogP contribution in [-0.4, -0.2) is 36.2 Å². The normalized spacial score (nSPS) is 18.8. The summed E-state index contributed by atoms with van der Waals surface area (Å²) < 4.78 is 15.5. The van der Waals surface area contributed by atoms with E-state index in [-0.39, 0.29) is 0 Å². The maximum atomic E-state index is 12.5. The lowest BCUT2D eigenvalue weighted by Crippen LogP contribution is -2.37. The number of carbonyl (C=O) groups is 2. The van der Waals surface area contributed by atoms with E-state index in [2.05, 4.69) is 4.99 Å². The second kappa shape index (κ2) is 7.25. The molecule has 0 radical (unpaired) electrons. The van der Waals surface area contributed by atoms with Crippen molar-refractivity contribution in [2.45, 2.75) is 19.9 Å². The Morgan fingerprint density at radius 3 is 2.46 bits per heavy atom. The van der Waals surface area contributed by atoms with Gasteiger partial charge in [-0.2, -0.15) is 0 Å². The van der Waals surface area contributed by atoms with Gasteiger partial charge in [-0.25, -0.2) is 9.79 Å². The Bertz CT molecular complexity index is 842. The Kier molecular flexibility index (Phi) is 5.03. The van der Waals surface area contributed by atoms with E-state index in [1.807, 2.05) is 24.3 Å². The summed E-state index contributed by atoms with van der Waals surface area (Å²) in [5, 5.41) is 2.33. The minimum Gasteiger partial charge on any atom is -0.497 e. The summed E-state index contributed by atoms with van der Waals surface area (Å²) in [4.78, 5) is 30.2. The lowest BCUT2D eigenvalue weighted by Gasteiger charge is -2.35. The summed E-state index contributed by atoms with van der Waals surface area (Å²) in [5.74, 6) is 0.101. The van der Waals surface area contributed by atoms with E-state index in [9.17, 15) is 9.59 Å². The van der Waals surface area contributed by atoms with Crippen LogP contribution in [-0.2, 0) is 19.1 Å². The molecule has 1 atom stereocenters. The molecule has 8 heteroatoms. The fourth-order valence-corrected chi connectivity index (χ4v) is 3.72. The number of aliphatic imine (C=N–C) groups is 1. The Balaban J connectivity index is 2.11. The number of thioether (sulfide) groups is 1. The van der Waals surface area contributed by atoms with Gasteiger partial charge in [0, 0.05) is 12.3 Å². The van der Waals surface area contributed by atoms with Crippen LogP contribution in [0.1, 0.15) is 25.5 Å². The molecule has 26 heavy (non-hydrogen) atoms. The zero-order valence-corrected chi connectivity index (χ0v) is 15.6. The number of hydrogen-bond acceptors (Lipinski definition) is 8. The third kappa shape index (κ3) is 3.20. The summed E-state index contributed by atoms with van der Waals surface area (Å²) in [6, 6.07) is 6.81. The van der Waals surface area contributed by atoms with Crippen LogP contribution in [0.4, 0.5) is 0 Å². The first-order valence-corrected chi connectivity index (χ1v) is 8.70. The van der Waals surface area contributed by atoms with Gasteiger partial charge in [0.05, 0.1) is 31.5 Å². The zero-order chi connectivity index (χ0) is 18.8. The molecule has 0 amide bonds. The summed E-state index contributed by atoms with van der Waals surface area (Å²) in [6.45, 7) is 3.09. The number of allylic oxidation sites excluding steroid dienone is 1. The number of carbonyl (C=O) groups excluding carboxylic acids is 2. The highest BCUT2D eigenvalue weighted by atomic mass is 32.2. The van der Waals surface area contributed by atoms with Gasteiger partial charge >= 0.3 is 11.9 Å². The number of rotatable bonds is 4. The second-order valence-electron chi connectivity index (χ2n) is 5.60. The smallest absolute Gasteiger partial charge is 0.338 e. The van der Waals surface area contributed by atoms with Crippen molar-refractivity contribution >= 4 is 28.9 Å². The molecule has 0 saturated heterocycles. The van der Waals surface area contributed by atoms with Crippen molar-refractivity contribution in [1.29, 1.82) is 0 Å². The number of amidine groups is 1. The van der Waals surface area contributed by atoms with Crippen molar-refractivity contribution in [3.63, 3.8) is 0 Å². The minimum absolute atomic E-state index is 0.330. The van der Waals surface area contributed by atoms with Crippen LogP contribution >= 0.6 is 11.8 Å². The summed E-state index contributed by atoms with van der Waals surface area (Å²) >= 11 is 1.33. The van der Waals surface area contributed by atoms with Crippen LogP contribution in [0.2, 0.25) is 0 Å². The van der Waals surface area contributed by atoms with Gasteiger partial charge < -0.3 is 14.2 Å². The van der Waals surface area contributed by atoms with Gasteiger partial charge in [0.25, 0.3) is 0 Å². The van der Waals surface area contributed by atoms with E-state index >= 15 is 0 Å². The fourth-order valence-electron chi connectivity index (χ4n) is 2.85. The van der Waals surface area contributed by atoms with Crippen LogP contribution in [0, 0.1) is 0 Å². The molecule has 0 unspecified atom stereocenters. The molecular weight excluding hydrogens is 356 g/mol. The van der Waals surface area contributed by atoms with Gasteiger partial charge in [-0.3, -0.25) is 9.69 Å². The quantitative estimate of drug-likeness (QED) is 0.750. The number of nitrogens with zero attached hydrogens (tertiary/aromatic N) is 2. The molecule has 0 aliphatic carbocycles. The van der Waals surface area contributed by atoms with Gasteiger partial charge in [-0.05, 0) is 24.6 Å². The van der Waals surface area contributed by atoms with Crippen molar-refractivity contribution in [3.8, 4) is 5.75 Å². The monoisotopic (exact) mass is 374 g/mol. The average Bonchev–Trinajstić information content (AvgIpc) is 3.01. The van der Waals surface area contributed by atoms with E-state index in [0.717, 1.165) is 5.56 Å². The molecule has 0 saturated carbocycles. The number of ether oxygens (including phenoxy) is 3. The van der Waals surface area contributed by atoms with Crippen molar-refractivity contribution in [2.75, 3.05) is 14.2 Å². The SMILES string of the molecule is COC(=O)C1=C(C)N=C2SC=C(OC(C)=O)N2[C@H]1c1ccc(OC)cc1. The van der Waals surface area contributed by atoms with Crippen molar-refractivity contribution < 1.29 is 23.8 Å². The second-order valence-corrected chi connectivity index (χ2v) is 6.43. The number of methoxy groups -OCH3 is 2. The Morgan fingerprint density at radius 1 is 1.19 bits per heavy atom. The van der Waals surface area contributed by atoms with Crippen LogP contribution in [0.25, 0.3) is 0 Å². The van der Waals surface area contributed by atoms with Gasteiger partial charge in [-0.15, -0.1) is 0 Å².